The lowest BCUT2D eigenvalue weighted by molar-refractivity contribution is 0.314. The summed E-state index contributed by atoms with van der Waals surface area (Å²) in [6, 6.07) is 11.3. The van der Waals surface area contributed by atoms with Crippen LogP contribution in [0.4, 0.5) is 5.69 Å². The van der Waals surface area contributed by atoms with Gasteiger partial charge in [-0.15, -0.1) is 0 Å². The summed E-state index contributed by atoms with van der Waals surface area (Å²) >= 11 is 0. The zero-order chi connectivity index (χ0) is 13.1. The first kappa shape index (κ1) is 14.1. The molecule has 96 valence electrons. The third-order valence-electron chi connectivity index (χ3n) is 4.10. The molecule has 1 heteroatoms. The van der Waals surface area contributed by atoms with E-state index in [-0.39, 0.29) is 5.54 Å². The van der Waals surface area contributed by atoms with Gasteiger partial charge in [-0.25, -0.2) is 0 Å². The van der Waals surface area contributed by atoms with E-state index in [0.29, 0.717) is 12.0 Å². The van der Waals surface area contributed by atoms with Crippen molar-refractivity contribution in [3.05, 3.63) is 30.3 Å². The maximum atomic E-state index is 2.57. The molecule has 0 bridgehead atoms. The van der Waals surface area contributed by atoms with Crippen LogP contribution in [0.25, 0.3) is 0 Å². The van der Waals surface area contributed by atoms with Crippen molar-refractivity contribution in [3.63, 3.8) is 0 Å². The molecular weight excluding hydrogens is 206 g/mol. The molecule has 0 radical (unpaired) electrons. The third-order valence-corrected chi connectivity index (χ3v) is 4.10. The van der Waals surface area contributed by atoms with E-state index in [2.05, 4.69) is 76.8 Å². The van der Waals surface area contributed by atoms with Gasteiger partial charge in [0.25, 0.3) is 0 Å². The second-order valence-corrected chi connectivity index (χ2v) is 5.77. The molecule has 1 atom stereocenters. The van der Waals surface area contributed by atoms with Crippen LogP contribution in [0.5, 0.6) is 0 Å². The molecule has 1 unspecified atom stereocenters. The maximum Gasteiger partial charge on any atom is 0.0373 e. The normalized spacial score (nSPS) is 13.8. The van der Waals surface area contributed by atoms with Crippen LogP contribution in [-0.2, 0) is 0 Å². The van der Waals surface area contributed by atoms with Gasteiger partial charge in [-0.05, 0) is 45.2 Å². The lowest BCUT2D eigenvalue weighted by atomic mass is 9.86. The second kappa shape index (κ2) is 5.57. The minimum Gasteiger partial charge on any atom is -0.363 e. The second-order valence-electron chi connectivity index (χ2n) is 5.77. The Morgan fingerprint density at radius 2 is 1.59 bits per heavy atom. The van der Waals surface area contributed by atoms with Crippen molar-refractivity contribution in [3.8, 4) is 0 Å². The summed E-state index contributed by atoms with van der Waals surface area (Å²) in [7, 11) is 0. The summed E-state index contributed by atoms with van der Waals surface area (Å²) in [6.07, 6.45) is 1.17. The van der Waals surface area contributed by atoms with Gasteiger partial charge in [0.15, 0.2) is 0 Å². The van der Waals surface area contributed by atoms with Gasteiger partial charge in [-0.3, -0.25) is 0 Å². The fourth-order valence-electron chi connectivity index (χ4n) is 2.20. The average molecular weight is 233 g/mol. The Morgan fingerprint density at radius 3 is 2.00 bits per heavy atom. The Bertz CT molecular complexity index is 327. The van der Waals surface area contributed by atoms with Crippen LogP contribution in [0.3, 0.4) is 0 Å². The number of para-hydroxylation sites is 1. The lowest BCUT2D eigenvalue weighted by Gasteiger charge is -2.47. The Kier molecular flexibility index (Phi) is 4.62. The molecule has 0 spiro atoms. The van der Waals surface area contributed by atoms with Crippen molar-refractivity contribution < 1.29 is 0 Å². The first-order valence-electron chi connectivity index (χ1n) is 6.75. The Hall–Kier alpha value is -0.980. The molecule has 0 aliphatic carbocycles. The quantitative estimate of drug-likeness (QED) is 0.711. The number of anilines is 1. The summed E-state index contributed by atoms with van der Waals surface area (Å²) in [5.41, 5.74) is 1.51. The highest BCUT2D eigenvalue weighted by molar-refractivity contribution is 5.49. The molecule has 1 aromatic carbocycles. The van der Waals surface area contributed by atoms with Crippen LogP contribution in [0, 0.1) is 5.92 Å². The largest absolute Gasteiger partial charge is 0.363 e. The monoisotopic (exact) mass is 233 g/mol. The molecule has 0 fully saturated rings. The van der Waals surface area contributed by atoms with Crippen LogP contribution in [0.2, 0.25) is 0 Å². The number of hydrogen-bond acceptors (Lipinski definition) is 1. The molecular formula is C16H27N. The third kappa shape index (κ3) is 3.02. The smallest absolute Gasteiger partial charge is 0.0373 e. The standard InChI is InChI=1S/C16H27N/c1-7-14(4)17(16(5,6)13(2)3)15-11-9-8-10-12-15/h8-14H,7H2,1-6H3. The highest BCUT2D eigenvalue weighted by Gasteiger charge is 2.32. The molecule has 1 nitrogen and oxygen atoms in total. The summed E-state index contributed by atoms with van der Waals surface area (Å²) in [6.45, 7) is 13.9. The van der Waals surface area contributed by atoms with Gasteiger partial charge in [0, 0.05) is 17.3 Å². The highest BCUT2D eigenvalue weighted by atomic mass is 15.2. The van der Waals surface area contributed by atoms with Crippen molar-refractivity contribution >= 4 is 5.69 Å². The van der Waals surface area contributed by atoms with Gasteiger partial charge in [-0.2, -0.15) is 0 Å². The van der Waals surface area contributed by atoms with Crippen molar-refractivity contribution in [2.75, 3.05) is 4.90 Å². The average Bonchev–Trinajstić information content (AvgIpc) is 2.30. The van der Waals surface area contributed by atoms with Gasteiger partial charge in [0.1, 0.15) is 0 Å². The molecule has 0 aliphatic rings. The van der Waals surface area contributed by atoms with Gasteiger partial charge >= 0.3 is 0 Å². The minimum absolute atomic E-state index is 0.177. The molecule has 0 aliphatic heterocycles. The minimum atomic E-state index is 0.177. The fraction of sp³-hybridized carbons (Fsp3) is 0.625. The zero-order valence-electron chi connectivity index (χ0n) is 12.2. The van der Waals surface area contributed by atoms with Crippen molar-refractivity contribution in [1.82, 2.24) is 0 Å². The Balaban J connectivity index is 3.14. The maximum absolute atomic E-state index is 2.57. The number of nitrogens with zero attached hydrogens (tertiary/aromatic N) is 1. The molecule has 1 rings (SSSR count). The molecule has 1 aromatic rings. The van der Waals surface area contributed by atoms with Crippen molar-refractivity contribution in [2.45, 2.75) is 59.5 Å². The lowest BCUT2D eigenvalue weighted by Crippen LogP contribution is -2.52. The van der Waals surface area contributed by atoms with E-state index in [1.807, 2.05) is 0 Å². The molecule has 0 heterocycles. The SMILES string of the molecule is CCC(C)N(c1ccccc1)C(C)(C)C(C)C. The first-order chi connectivity index (χ1) is 7.91. The summed E-state index contributed by atoms with van der Waals surface area (Å²) < 4.78 is 0. The summed E-state index contributed by atoms with van der Waals surface area (Å²) in [5, 5.41) is 0. The van der Waals surface area contributed by atoms with Gasteiger partial charge in [0.2, 0.25) is 0 Å². The van der Waals surface area contributed by atoms with Crippen LogP contribution >= 0.6 is 0 Å². The summed E-state index contributed by atoms with van der Waals surface area (Å²) in [5.74, 6) is 0.622. The molecule has 17 heavy (non-hydrogen) atoms. The van der Waals surface area contributed by atoms with Crippen LogP contribution in [-0.4, -0.2) is 11.6 Å². The van der Waals surface area contributed by atoms with E-state index in [1.165, 1.54) is 12.1 Å². The molecule has 0 aromatic heterocycles. The summed E-state index contributed by atoms with van der Waals surface area (Å²) in [4.78, 5) is 2.57. The highest BCUT2D eigenvalue weighted by Crippen LogP contribution is 2.32. The topological polar surface area (TPSA) is 3.24 Å². The van der Waals surface area contributed by atoms with Crippen molar-refractivity contribution in [1.29, 1.82) is 0 Å². The van der Waals surface area contributed by atoms with E-state index in [1.54, 1.807) is 0 Å². The Labute approximate surface area is 107 Å². The number of rotatable bonds is 5. The van der Waals surface area contributed by atoms with E-state index in [0.717, 1.165) is 0 Å². The predicted molar refractivity (Wildman–Crippen MR) is 77.6 cm³/mol. The molecule has 0 N–H and O–H groups in total. The van der Waals surface area contributed by atoms with Crippen LogP contribution in [0.1, 0.15) is 48.0 Å². The van der Waals surface area contributed by atoms with Crippen LogP contribution < -0.4 is 4.90 Å². The van der Waals surface area contributed by atoms with E-state index < -0.39 is 0 Å². The van der Waals surface area contributed by atoms with E-state index in [4.69, 9.17) is 0 Å². The van der Waals surface area contributed by atoms with E-state index in [9.17, 15) is 0 Å². The zero-order valence-corrected chi connectivity index (χ0v) is 12.2. The van der Waals surface area contributed by atoms with E-state index >= 15 is 0 Å². The number of benzene rings is 1. The molecule has 0 amide bonds. The fourth-order valence-corrected chi connectivity index (χ4v) is 2.20. The first-order valence-corrected chi connectivity index (χ1v) is 6.75. The van der Waals surface area contributed by atoms with Crippen LogP contribution in [0.15, 0.2) is 30.3 Å². The van der Waals surface area contributed by atoms with Gasteiger partial charge < -0.3 is 4.90 Å². The molecule has 0 saturated heterocycles. The number of hydrogen-bond donors (Lipinski definition) is 0. The Morgan fingerprint density at radius 1 is 1.06 bits per heavy atom. The van der Waals surface area contributed by atoms with Crippen molar-refractivity contribution in [2.24, 2.45) is 5.92 Å². The molecule has 0 saturated carbocycles. The predicted octanol–water partition coefficient (Wildman–Crippen LogP) is 4.73. The van der Waals surface area contributed by atoms with Gasteiger partial charge in [0.05, 0.1) is 0 Å². The van der Waals surface area contributed by atoms with Gasteiger partial charge in [-0.1, -0.05) is 39.0 Å².